The van der Waals surface area contributed by atoms with Crippen molar-refractivity contribution in [3.8, 4) is 0 Å². The van der Waals surface area contributed by atoms with Crippen LogP contribution in [0.3, 0.4) is 0 Å². The van der Waals surface area contributed by atoms with Gasteiger partial charge in [0.15, 0.2) is 0 Å². The van der Waals surface area contributed by atoms with Crippen LogP contribution < -0.4 is 5.32 Å². The predicted octanol–water partition coefficient (Wildman–Crippen LogP) is 5.01. The molecule has 4 aromatic rings. The number of ketones is 1. The van der Waals surface area contributed by atoms with Gasteiger partial charge in [0.2, 0.25) is 5.91 Å². The molecule has 0 aliphatic heterocycles. The second-order valence-corrected chi connectivity index (χ2v) is 9.08. The zero-order chi connectivity index (χ0) is 25.3. The number of Topliss-reactive ketones (excluding diaryl/α,β-unsaturated/α-hetero) is 1. The number of carbonyl (C=O) groups excluding carboxylic acids is 2. The number of nitrogens with one attached hydrogen (secondary N) is 1. The molecule has 36 heavy (non-hydrogen) atoms. The summed E-state index contributed by atoms with van der Waals surface area (Å²) in [6.07, 6.45) is 0.778. The molecule has 4 rings (SSSR count). The number of carboxylic acids is 1. The van der Waals surface area contributed by atoms with Crippen LogP contribution in [-0.2, 0) is 33.6 Å². The molecule has 2 N–H and O–H groups in total. The molecule has 0 fully saturated rings. The van der Waals surface area contributed by atoms with Gasteiger partial charge in [0.1, 0.15) is 11.8 Å². The van der Waals surface area contributed by atoms with Crippen LogP contribution in [0.2, 0.25) is 0 Å². The second-order valence-electron chi connectivity index (χ2n) is 9.08. The molecule has 2 atom stereocenters. The molecule has 0 spiro atoms. The molecule has 0 heterocycles. The minimum Gasteiger partial charge on any atom is -0.480 e. The molecule has 0 aliphatic rings. The molecule has 0 aliphatic carbocycles. The lowest BCUT2D eigenvalue weighted by molar-refractivity contribution is -0.142. The maximum Gasteiger partial charge on any atom is 0.326 e. The summed E-state index contributed by atoms with van der Waals surface area (Å²) in [5.74, 6) is -2.25. The molecule has 0 bridgehead atoms. The summed E-state index contributed by atoms with van der Waals surface area (Å²) in [5, 5.41) is 14.6. The first kappa shape index (κ1) is 24.9. The van der Waals surface area contributed by atoms with E-state index in [0.717, 1.165) is 27.5 Å². The van der Waals surface area contributed by atoms with Gasteiger partial charge in [-0.15, -0.1) is 0 Å². The van der Waals surface area contributed by atoms with E-state index in [2.05, 4.69) is 5.32 Å². The predicted molar refractivity (Wildman–Crippen MR) is 141 cm³/mol. The van der Waals surface area contributed by atoms with E-state index in [1.54, 1.807) is 0 Å². The Labute approximate surface area is 210 Å². The molecule has 0 saturated carbocycles. The van der Waals surface area contributed by atoms with Crippen LogP contribution in [0.5, 0.6) is 0 Å². The highest BCUT2D eigenvalue weighted by Crippen LogP contribution is 2.19. The third-order valence-corrected chi connectivity index (χ3v) is 6.28. The first-order valence-corrected chi connectivity index (χ1v) is 12.1. The molecule has 5 heteroatoms. The smallest absolute Gasteiger partial charge is 0.326 e. The van der Waals surface area contributed by atoms with E-state index in [-0.39, 0.29) is 25.0 Å². The number of hydrogen-bond donors (Lipinski definition) is 2. The molecule has 5 nitrogen and oxygen atoms in total. The number of rotatable bonds is 11. The number of fused-ring (bicyclic) bond motifs is 1. The Morgan fingerprint density at radius 3 is 1.89 bits per heavy atom. The fraction of sp³-hybridized carbons (Fsp3) is 0.194. The highest BCUT2D eigenvalue weighted by atomic mass is 16.4. The average molecular weight is 480 g/mol. The van der Waals surface area contributed by atoms with E-state index in [1.165, 1.54) is 0 Å². The van der Waals surface area contributed by atoms with Gasteiger partial charge in [0, 0.05) is 25.2 Å². The summed E-state index contributed by atoms with van der Waals surface area (Å²) < 4.78 is 0. The van der Waals surface area contributed by atoms with E-state index < -0.39 is 23.8 Å². The van der Waals surface area contributed by atoms with Crippen LogP contribution in [0, 0.1) is 5.92 Å². The number of carbonyl (C=O) groups is 3. The standard InChI is InChI=1S/C31H29NO4/c33-28(19-24-15-16-25-13-7-8-14-26(25)18-24)21-27(17-22-9-3-1-4-10-22)30(34)32-29(31(35)36)20-23-11-5-2-6-12-23/h1-16,18,27,29H,17,19-21H2,(H,32,34)(H,35,36)/t27-,29+/m0/s1. The summed E-state index contributed by atoms with van der Waals surface area (Å²) in [4.78, 5) is 38.3. The van der Waals surface area contributed by atoms with Gasteiger partial charge in [-0.3, -0.25) is 9.59 Å². The van der Waals surface area contributed by atoms with Gasteiger partial charge in [-0.1, -0.05) is 103 Å². The number of benzene rings is 4. The number of hydrogen-bond acceptors (Lipinski definition) is 3. The fourth-order valence-corrected chi connectivity index (χ4v) is 4.42. The summed E-state index contributed by atoms with van der Waals surface area (Å²) in [6, 6.07) is 31.5. The maximum absolute atomic E-state index is 13.3. The first-order valence-electron chi connectivity index (χ1n) is 12.1. The molecular formula is C31H29NO4. The van der Waals surface area contributed by atoms with Gasteiger partial charge in [-0.2, -0.15) is 0 Å². The van der Waals surface area contributed by atoms with Crippen molar-refractivity contribution in [2.24, 2.45) is 5.92 Å². The Morgan fingerprint density at radius 1 is 0.667 bits per heavy atom. The Bertz CT molecular complexity index is 1330. The number of carboxylic acid groups (broad SMARTS) is 1. The zero-order valence-electron chi connectivity index (χ0n) is 20.0. The summed E-state index contributed by atoms with van der Waals surface area (Å²) in [5.41, 5.74) is 2.63. The quantitative estimate of drug-likeness (QED) is 0.317. The Hall–Kier alpha value is -4.25. The first-order chi connectivity index (χ1) is 17.5. The van der Waals surface area contributed by atoms with Crippen molar-refractivity contribution < 1.29 is 19.5 Å². The Balaban J connectivity index is 1.48. The summed E-state index contributed by atoms with van der Waals surface area (Å²) >= 11 is 0. The SMILES string of the molecule is O=C(Cc1ccc2ccccc2c1)C[C@H](Cc1ccccc1)C(=O)N[C@H](Cc1ccccc1)C(=O)O. The topological polar surface area (TPSA) is 83.5 Å². The van der Waals surface area contributed by atoms with E-state index >= 15 is 0 Å². The lowest BCUT2D eigenvalue weighted by atomic mass is 9.90. The van der Waals surface area contributed by atoms with Gasteiger partial charge in [-0.25, -0.2) is 4.79 Å². The van der Waals surface area contributed by atoms with Gasteiger partial charge in [0.25, 0.3) is 0 Å². The molecule has 0 saturated heterocycles. The largest absolute Gasteiger partial charge is 0.480 e. The zero-order valence-corrected chi connectivity index (χ0v) is 20.0. The highest BCUT2D eigenvalue weighted by Gasteiger charge is 2.27. The van der Waals surface area contributed by atoms with Crippen molar-refractivity contribution in [1.82, 2.24) is 5.32 Å². The second kappa shape index (κ2) is 11.9. The van der Waals surface area contributed by atoms with Crippen molar-refractivity contribution in [2.75, 3.05) is 0 Å². The van der Waals surface area contributed by atoms with Crippen LogP contribution in [0.15, 0.2) is 103 Å². The van der Waals surface area contributed by atoms with Crippen molar-refractivity contribution in [3.63, 3.8) is 0 Å². The van der Waals surface area contributed by atoms with Gasteiger partial charge in [0.05, 0.1) is 0 Å². The molecule has 0 aromatic heterocycles. The van der Waals surface area contributed by atoms with Crippen LogP contribution in [0.4, 0.5) is 0 Å². The van der Waals surface area contributed by atoms with Crippen molar-refractivity contribution >= 4 is 28.4 Å². The molecule has 182 valence electrons. The van der Waals surface area contributed by atoms with Crippen LogP contribution in [0.25, 0.3) is 10.8 Å². The molecule has 4 aromatic carbocycles. The Morgan fingerprint density at radius 2 is 1.25 bits per heavy atom. The maximum atomic E-state index is 13.3. The van der Waals surface area contributed by atoms with E-state index in [0.29, 0.717) is 6.42 Å². The monoisotopic (exact) mass is 479 g/mol. The van der Waals surface area contributed by atoms with Gasteiger partial charge in [-0.05, 0) is 33.9 Å². The summed E-state index contributed by atoms with van der Waals surface area (Å²) in [7, 11) is 0. The van der Waals surface area contributed by atoms with E-state index in [4.69, 9.17) is 0 Å². The number of amides is 1. The fourth-order valence-electron chi connectivity index (χ4n) is 4.42. The molecule has 1 amide bonds. The van der Waals surface area contributed by atoms with Gasteiger partial charge < -0.3 is 10.4 Å². The van der Waals surface area contributed by atoms with E-state index in [9.17, 15) is 19.5 Å². The average Bonchev–Trinajstić information content (AvgIpc) is 2.89. The normalized spacial score (nSPS) is 12.6. The lowest BCUT2D eigenvalue weighted by Crippen LogP contribution is -2.45. The molecular weight excluding hydrogens is 450 g/mol. The van der Waals surface area contributed by atoms with Crippen molar-refractivity contribution in [3.05, 3.63) is 120 Å². The highest BCUT2D eigenvalue weighted by molar-refractivity contribution is 5.91. The third-order valence-electron chi connectivity index (χ3n) is 6.28. The molecule has 0 unspecified atom stereocenters. The van der Waals surface area contributed by atoms with Crippen molar-refractivity contribution in [1.29, 1.82) is 0 Å². The Kier molecular flexibility index (Phi) is 8.24. The van der Waals surface area contributed by atoms with Crippen LogP contribution >= 0.6 is 0 Å². The van der Waals surface area contributed by atoms with E-state index in [1.807, 2.05) is 103 Å². The minimum absolute atomic E-state index is 0.0330. The van der Waals surface area contributed by atoms with Gasteiger partial charge >= 0.3 is 5.97 Å². The van der Waals surface area contributed by atoms with Crippen LogP contribution in [-0.4, -0.2) is 28.8 Å². The molecule has 0 radical (unpaired) electrons. The third kappa shape index (κ3) is 6.89. The van der Waals surface area contributed by atoms with Crippen molar-refractivity contribution in [2.45, 2.75) is 31.7 Å². The minimum atomic E-state index is -1.10. The summed E-state index contributed by atoms with van der Waals surface area (Å²) in [6.45, 7) is 0. The number of aliphatic carboxylic acids is 1. The van der Waals surface area contributed by atoms with Crippen LogP contribution in [0.1, 0.15) is 23.1 Å². The lowest BCUT2D eigenvalue weighted by Gasteiger charge is -2.20.